The van der Waals surface area contributed by atoms with Gasteiger partial charge in [-0.1, -0.05) is 25.1 Å². The smallest absolute Gasteiger partial charge is 0.317 e. The molecule has 1 fully saturated rings. The van der Waals surface area contributed by atoms with E-state index in [-0.39, 0.29) is 24.5 Å². The lowest BCUT2D eigenvalue weighted by atomic mass is 9.96. The van der Waals surface area contributed by atoms with Crippen molar-refractivity contribution in [2.75, 3.05) is 46.9 Å². The number of morpholine rings is 1. The highest BCUT2D eigenvalue weighted by molar-refractivity contribution is 5.76. The normalized spacial score (nSPS) is 18.4. The van der Waals surface area contributed by atoms with Crippen molar-refractivity contribution in [3.8, 4) is 5.75 Å². The largest absolute Gasteiger partial charge is 0.496 e. The predicted octanol–water partition coefficient (Wildman–Crippen LogP) is 1.51. The Hall–Kier alpha value is -2.12. The van der Waals surface area contributed by atoms with Crippen LogP contribution in [-0.4, -0.2) is 79.8 Å². The molecule has 1 saturated heterocycles. The second-order valence-electron chi connectivity index (χ2n) is 7.25. The van der Waals surface area contributed by atoms with Crippen molar-refractivity contribution in [2.24, 2.45) is 5.92 Å². The number of benzene rings is 1. The average Bonchev–Trinajstić information content (AvgIpc) is 2.61. The summed E-state index contributed by atoms with van der Waals surface area (Å²) in [5, 5.41) is 8.86. The SMILES string of the molecule is COc1ccccc1CC(C)CC(=O)N1CCOC(CN(C)CC(=O)O)C1. The number of carboxylic acid groups (broad SMARTS) is 1. The second-order valence-corrected chi connectivity index (χ2v) is 7.25. The predicted molar refractivity (Wildman–Crippen MR) is 102 cm³/mol. The first-order chi connectivity index (χ1) is 12.9. The lowest BCUT2D eigenvalue weighted by Gasteiger charge is -2.35. The van der Waals surface area contributed by atoms with E-state index in [4.69, 9.17) is 14.6 Å². The number of likely N-dealkylation sites (N-methyl/N-ethyl adjacent to an activating group) is 1. The van der Waals surface area contributed by atoms with Crippen molar-refractivity contribution >= 4 is 11.9 Å². The summed E-state index contributed by atoms with van der Waals surface area (Å²) in [7, 11) is 3.40. The highest BCUT2D eigenvalue weighted by Gasteiger charge is 2.26. The first-order valence-electron chi connectivity index (χ1n) is 9.30. The molecule has 0 aromatic heterocycles. The Labute approximate surface area is 160 Å². The van der Waals surface area contributed by atoms with E-state index >= 15 is 0 Å². The summed E-state index contributed by atoms with van der Waals surface area (Å²) in [6.07, 6.45) is 1.09. The van der Waals surface area contributed by atoms with Crippen LogP contribution in [0.25, 0.3) is 0 Å². The maximum Gasteiger partial charge on any atom is 0.317 e. The maximum absolute atomic E-state index is 12.7. The van der Waals surface area contributed by atoms with Gasteiger partial charge in [0.2, 0.25) is 5.91 Å². The number of carboxylic acids is 1. The average molecular weight is 378 g/mol. The number of nitrogens with zero attached hydrogens (tertiary/aromatic N) is 2. The van der Waals surface area contributed by atoms with Crippen LogP contribution in [0.15, 0.2) is 24.3 Å². The lowest BCUT2D eigenvalue weighted by molar-refractivity contribution is -0.142. The molecule has 0 aliphatic carbocycles. The highest BCUT2D eigenvalue weighted by atomic mass is 16.5. The summed E-state index contributed by atoms with van der Waals surface area (Å²) >= 11 is 0. The molecule has 1 N–H and O–H groups in total. The van der Waals surface area contributed by atoms with Crippen molar-refractivity contribution in [3.63, 3.8) is 0 Å². The highest BCUT2D eigenvalue weighted by Crippen LogP contribution is 2.23. The van der Waals surface area contributed by atoms with Gasteiger partial charge in [0.15, 0.2) is 0 Å². The molecule has 1 aromatic rings. The summed E-state index contributed by atoms with van der Waals surface area (Å²) in [5.41, 5.74) is 1.11. The molecule has 1 aliphatic rings. The van der Waals surface area contributed by atoms with E-state index in [0.717, 1.165) is 17.7 Å². The van der Waals surface area contributed by atoms with Crippen LogP contribution in [-0.2, 0) is 20.7 Å². The number of amides is 1. The van der Waals surface area contributed by atoms with Gasteiger partial charge in [0.1, 0.15) is 5.75 Å². The molecule has 0 bridgehead atoms. The standard InChI is InChI=1S/C20H30N2O5/c1-15(10-16-6-4-5-7-18(16)26-3)11-19(23)22-8-9-27-17(13-22)12-21(2)14-20(24)25/h4-7,15,17H,8-14H2,1-3H3,(H,24,25). The Kier molecular flexibility index (Phi) is 8.06. The Morgan fingerprint density at radius 3 is 2.85 bits per heavy atom. The number of hydrogen-bond donors (Lipinski definition) is 1. The monoisotopic (exact) mass is 378 g/mol. The molecule has 0 saturated carbocycles. The van der Waals surface area contributed by atoms with Crippen LogP contribution in [0.1, 0.15) is 18.9 Å². The van der Waals surface area contributed by atoms with E-state index < -0.39 is 5.97 Å². The molecule has 1 amide bonds. The maximum atomic E-state index is 12.7. The fourth-order valence-electron chi connectivity index (χ4n) is 3.45. The van der Waals surface area contributed by atoms with Crippen molar-refractivity contribution in [1.29, 1.82) is 0 Å². The molecule has 1 aliphatic heterocycles. The molecule has 0 spiro atoms. The van der Waals surface area contributed by atoms with Crippen LogP contribution in [0.3, 0.4) is 0 Å². The van der Waals surface area contributed by atoms with Crippen molar-refractivity contribution < 1.29 is 24.2 Å². The summed E-state index contributed by atoms with van der Waals surface area (Å²) in [5.74, 6) is 0.299. The number of hydrogen-bond acceptors (Lipinski definition) is 5. The quantitative estimate of drug-likeness (QED) is 0.702. The zero-order valence-electron chi connectivity index (χ0n) is 16.4. The van der Waals surface area contributed by atoms with Gasteiger partial charge in [-0.05, 0) is 31.0 Å². The van der Waals surface area contributed by atoms with Crippen molar-refractivity contribution in [2.45, 2.75) is 25.9 Å². The van der Waals surface area contributed by atoms with Gasteiger partial charge < -0.3 is 19.5 Å². The molecule has 0 radical (unpaired) electrons. The first-order valence-corrected chi connectivity index (χ1v) is 9.30. The topological polar surface area (TPSA) is 79.3 Å². The van der Waals surface area contributed by atoms with E-state index in [1.54, 1.807) is 19.1 Å². The Balaban J connectivity index is 1.84. The Bertz CT molecular complexity index is 637. The fraction of sp³-hybridized carbons (Fsp3) is 0.600. The fourth-order valence-corrected chi connectivity index (χ4v) is 3.45. The van der Waals surface area contributed by atoms with Crippen molar-refractivity contribution in [1.82, 2.24) is 9.80 Å². The van der Waals surface area contributed by atoms with E-state index in [9.17, 15) is 9.59 Å². The first kappa shape index (κ1) is 21.2. The van der Waals surface area contributed by atoms with Gasteiger partial charge in [0, 0.05) is 26.1 Å². The molecule has 27 heavy (non-hydrogen) atoms. The Morgan fingerprint density at radius 2 is 2.15 bits per heavy atom. The zero-order chi connectivity index (χ0) is 19.8. The number of methoxy groups -OCH3 is 1. The number of para-hydroxylation sites is 1. The number of carbonyl (C=O) groups is 2. The van der Waals surface area contributed by atoms with Crippen LogP contribution < -0.4 is 4.74 Å². The molecule has 7 heteroatoms. The Morgan fingerprint density at radius 1 is 1.41 bits per heavy atom. The molecule has 150 valence electrons. The minimum atomic E-state index is -0.869. The van der Waals surface area contributed by atoms with Gasteiger partial charge in [0.05, 0.1) is 26.4 Å². The number of carbonyl (C=O) groups excluding carboxylic acids is 1. The number of rotatable bonds is 9. The van der Waals surface area contributed by atoms with Crippen LogP contribution in [0, 0.1) is 5.92 Å². The van der Waals surface area contributed by atoms with Crippen LogP contribution in [0.5, 0.6) is 5.75 Å². The third kappa shape index (κ3) is 6.84. The molecular formula is C20H30N2O5. The van der Waals surface area contributed by atoms with Gasteiger partial charge in [-0.2, -0.15) is 0 Å². The minimum Gasteiger partial charge on any atom is -0.496 e. The van der Waals surface area contributed by atoms with E-state index in [0.29, 0.717) is 32.7 Å². The molecule has 2 atom stereocenters. The third-order valence-electron chi connectivity index (χ3n) is 4.70. The van der Waals surface area contributed by atoms with Crippen molar-refractivity contribution in [3.05, 3.63) is 29.8 Å². The molecular weight excluding hydrogens is 348 g/mol. The zero-order valence-corrected chi connectivity index (χ0v) is 16.4. The molecule has 2 rings (SSSR count). The number of aliphatic carboxylic acids is 1. The van der Waals surface area contributed by atoms with Crippen LogP contribution in [0.4, 0.5) is 0 Å². The van der Waals surface area contributed by atoms with E-state index in [1.165, 1.54) is 0 Å². The second kappa shape index (κ2) is 10.3. The van der Waals surface area contributed by atoms with E-state index in [1.807, 2.05) is 29.2 Å². The lowest BCUT2D eigenvalue weighted by Crippen LogP contribution is -2.49. The summed E-state index contributed by atoms with van der Waals surface area (Å²) in [6, 6.07) is 7.88. The van der Waals surface area contributed by atoms with Gasteiger partial charge in [-0.25, -0.2) is 0 Å². The van der Waals surface area contributed by atoms with E-state index in [2.05, 4.69) is 6.92 Å². The number of ether oxygens (including phenoxy) is 2. The molecule has 2 unspecified atom stereocenters. The van der Waals surface area contributed by atoms with Gasteiger partial charge >= 0.3 is 5.97 Å². The molecule has 1 aromatic carbocycles. The summed E-state index contributed by atoms with van der Waals surface area (Å²) < 4.78 is 11.1. The van der Waals surface area contributed by atoms with Crippen LogP contribution >= 0.6 is 0 Å². The van der Waals surface area contributed by atoms with Gasteiger partial charge in [0.25, 0.3) is 0 Å². The van der Waals surface area contributed by atoms with Gasteiger partial charge in [-0.3, -0.25) is 14.5 Å². The molecule has 7 nitrogen and oxygen atoms in total. The third-order valence-corrected chi connectivity index (χ3v) is 4.70. The summed E-state index contributed by atoms with van der Waals surface area (Å²) in [6.45, 7) is 4.10. The summed E-state index contributed by atoms with van der Waals surface area (Å²) in [4.78, 5) is 27.0. The van der Waals surface area contributed by atoms with Gasteiger partial charge in [-0.15, -0.1) is 0 Å². The van der Waals surface area contributed by atoms with Crippen LogP contribution in [0.2, 0.25) is 0 Å². The molecule has 1 heterocycles. The minimum absolute atomic E-state index is 0.0379.